The van der Waals surface area contributed by atoms with Gasteiger partial charge in [0.15, 0.2) is 18.6 Å². The van der Waals surface area contributed by atoms with Crippen molar-refractivity contribution in [1.29, 1.82) is 0 Å². The molecule has 2 aromatic rings. The lowest BCUT2D eigenvalue weighted by Crippen LogP contribution is -2.47. The molecule has 0 bridgehead atoms. The fraction of sp³-hybridized carbons (Fsp3) is 0.571. The number of alkyl halides is 1. The number of aromatic nitrogens is 2. The molecule has 0 spiro atoms. The van der Waals surface area contributed by atoms with Gasteiger partial charge in [0.25, 0.3) is 5.56 Å². The fourth-order valence-corrected chi connectivity index (χ4v) is 6.30. The maximum absolute atomic E-state index is 16.0. The van der Waals surface area contributed by atoms with E-state index in [1.165, 1.54) is 19.1 Å². The van der Waals surface area contributed by atoms with Crippen LogP contribution in [0.15, 0.2) is 52.2 Å². The molecule has 0 radical (unpaired) electrons. The van der Waals surface area contributed by atoms with Gasteiger partial charge in [-0.1, -0.05) is 18.2 Å². The molecule has 0 aliphatic carbocycles. The van der Waals surface area contributed by atoms with Crippen molar-refractivity contribution in [2.75, 3.05) is 13.2 Å². The summed E-state index contributed by atoms with van der Waals surface area (Å²) in [6.07, 6.45) is -3.31. The molecule has 4 rings (SSSR count). The molecule has 0 amide bonds. The van der Waals surface area contributed by atoms with Crippen molar-refractivity contribution in [1.82, 2.24) is 19.5 Å². The van der Waals surface area contributed by atoms with Gasteiger partial charge in [-0.25, -0.2) is 18.3 Å². The Balaban J connectivity index is 1.51. The zero-order chi connectivity index (χ0) is 32.9. The van der Waals surface area contributed by atoms with Crippen LogP contribution in [0.5, 0.6) is 5.75 Å². The molecular formula is C28H38FN4O11P. The number of para-hydroxylation sites is 1. The number of halogens is 1. The van der Waals surface area contributed by atoms with E-state index in [-0.39, 0.29) is 5.75 Å². The highest BCUT2D eigenvalue weighted by atomic mass is 31.2. The van der Waals surface area contributed by atoms with Gasteiger partial charge in [-0.3, -0.25) is 23.5 Å². The highest BCUT2D eigenvalue weighted by molar-refractivity contribution is 7.52. The van der Waals surface area contributed by atoms with Gasteiger partial charge in [0, 0.05) is 12.3 Å². The van der Waals surface area contributed by atoms with E-state index in [9.17, 15) is 28.8 Å². The summed E-state index contributed by atoms with van der Waals surface area (Å²) in [7, 11) is -4.39. The van der Waals surface area contributed by atoms with Crippen LogP contribution in [0.1, 0.15) is 46.8 Å². The molecule has 17 heteroatoms. The second-order valence-corrected chi connectivity index (χ2v) is 12.9. The summed E-state index contributed by atoms with van der Waals surface area (Å²) in [4.78, 5) is 50.4. The SMILES string of the molecule is CC(C)OC(=O)[C@H](C)N[P@](=O)(OC[C@H]1O[C@@H](n2ccc(=O)n(COC(=O)[C@@H]3CCCN3)c2=O)[C@](C)(F)[C@@H]1O)Oc1ccccc1. The number of aliphatic hydroxyl groups excluding tert-OH is 1. The van der Waals surface area contributed by atoms with Crippen LogP contribution < -0.4 is 26.2 Å². The third-order valence-electron chi connectivity index (χ3n) is 7.18. The molecule has 3 N–H and O–H groups in total. The summed E-state index contributed by atoms with van der Waals surface area (Å²) < 4.78 is 58.2. The molecule has 0 saturated carbocycles. The number of benzene rings is 1. The van der Waals surface area contributed by atoms with Gasteiger partial charge in [-0.15, -0.1) is 0 Å². The number of ether oxygens (including phenoxy) is 3. The number of esters is 2. The predicted octanol–water partition coefficient (Wildman–Crippen LogP) is 1.38. The average Bonchev–Trinajstić information content (AvgIpc) is 3.59. The van der Waals surface area contributed by atoms with Gasteiger partial charge in [-0.2, -0.15) is 5.09 Å². The van der Waals surface area contributed by atoms with E-state index < -0.39 is 86.6 Å². The van der Waals surface area contributed by atoms with Crippen LogP contribution in [-0.4, -0.2) is 75.4 Å². The first-order chi connectivity index (χ1) is 21.2. The Morgan fingerprint density at radius 2 is 1.93 bits per heavy atom. The molecule has 2 saturated heterocycles. The van der Waals surface area contributed by atoms with Crippen molar-refractivity contribution < 1.29 is 46.9 Å². The predicted molar refractivity (Wildman–Crippen MR) is 156 cm³/mol. The summed E-state index contributed by atoms with van der Waals surface area (Å²) in [5, 5.41) is 16.3. The molecule has 3 heterocycles. The lowest BCUT2D eigenvalue weighted by atomic mass is 9.98. The molecule has 45 heavy (non-hydrogen) atoms. The summed E-state index contributed by atoms with van der Waals surface area (Å²) in [6, 6.07) is 7.15. The molecule has 248 valence electrons. The van der Waals surface area contributed by atoms with Crippen molar-refractivity contribution in [3.8, 4) is 5.75 Å². The maximum atomic E-state index is 16.0. The van der Waals surface area contributed by atoms with E-state index in [0.29, 0.717) is 17.5 Å². The maximum Gasteiger partial charge on any atom is 0.459 e. The fourth-order valence-electron chi connectivity index (χ4n) is 4.80. The number of rotatable bonds is 13. The lowest BCUT2D eigenvalue weighted by Gasteiger charge is -2.25. The van der Waals surface area contributed by atoms with Crippen molar-refractivity contribution >= 4 is 19.7 Å². The molecule has 2 aliphatic rings. The number of hydrogen-bond acceptors (Lipinski definition) is 12. The van der Waals surface area contributed by atoms with Crippen molar-refractivity contribution in [2.24, 2.45) is 0 Å². The van der Waals surface area contributed by atoms with Crippen LogP contribution in [-0.2, 0) is 39.6 Å². The highest BCUT2D eigenvalue weighted by Crippen LogP contribution is 2.47. The highest BCUT2D eigenvalue weighted by Gasteiger charge is 2.56. The van der Waals surface area contributed by atoms with Crippen LogP contribution in [0.3, 0.4) is 0 Å². The monoisotopic (exact) mass is 656 g/mol. The van der Waals surface area contributed by atoms with Gasteiger partial charge >= 0.3 is 25.4 Å². The van der Waals surface area contributed by atoms with Gasteiger partial charge in [0.2, 0.25) is 0 Å². The first-order valence-electron chi connectivity index (χ1n) is 14.4. The Kier molecular flexibility index (Phi) is 11.0. The van der Waals surface area contributed by atoms with Gasteiger partial charge in [-0.05, 0) is 59.2 Å². The Labute approximate surface area is 258 Å². The van der Waals surface area contributed by atoms with Crippen molar-refractivity contribution in [3.05, 3.63) is 63.4 Å². The van der Waals surface area contributed by atoms with Crippen LogP contribution in [0.4, 0.5) is 4.39 Å². The summed E-state index contributed by atoms with van der Waals surface area (Å²) >= 11 is 0. The zero-order valence-electron chi connectivity index (χ0n) is 25.3. The number of aliphatic hydroxyl groups is 1. The molecule has 15 nitrogen and oxygen atoms in total. The first kappa shape index (κ1) is 34.5. The number of carbonyl (C=O) groups excluding carboxylic acids is 2. The van der Waals surface area contributed by atoms with Gasteiger partial charge in [0.05, 0.1) is 12.7 Å². The quantitative estimate of drug-likeness (QED) is 0.208. The molecule has 1 aromatic heterocycles. The van der Waals surface area contributed by atoms with Crippen LogP contribution in [0.25, 0.3) is 0 Å². The number of carbonyl (C=O) groups is 2. The summed E-state index contributed by atoms with van der Waals surface area (Å²) in [5.41, 5.74) is -4.48. The molecular weight excluding hydrogens is 618 g/mol. The van der Waals surface area contributed by atoms with Gasteiger partial charge in [0.1, 0.15) is 30.0 Å². The van der Waals surface area contributed by atoms with E-state index >= 15 is 4.39 Å². The van der Waals surface area contributed by atoms with Crippen molar-refractivity contribution in [2.45, 2.75) is 89.6 Å². The largest absolute Gasteiger partial charge is 0.462 e. The zero-order valence-corrected chi connectivity index (χ0v) is 26.2. The van der Waals surface area contributed by atoms with Crippen molar-refractivity contribution in [3.63, 3.8) is 0 Å². The van der Waals surface area contributed by atoms with Gasteiger partial charge < -0.3 is 29.2 Å². The van der Waals surface area contributed by atoms with E-state index in [4.69, 9.17) is 23.3 Å². The molecule has 7 atom stereocenters. The second kappa shape index (κ2) is 14.4. The minimum absolute atomic E-state index is 0.122. The first-order valence-corrected chi connectivity index (χ1v) is 16.0. The molecule has 2 fully saturated rings. The molecule has 0 unspecified atom stereocenters. The second-order valence-electron chi connectivity index (χ2n) is 11.2. The third-order valence-corrected chi connectivity index (χ3v) is 8.82. The minimum atomic E-state index is -4.39. The average molecular weight is 657 g/mol. The van der Waals surface area contributed by atoms with Crippen LogP contribution >= 0.6 is 7.75 Å². The number of nitrogens with zero attached hydrogens (tertiary/aromatic N) is 2. The Hall–Kier alpha value is -3.40. The molecule has 1 aromatic carbocycles. The summed E-state index contributed by atoms with van der Waals surface area (Å²) in [6.45, 7) is 4.85. The van der Waals surface area contributed by atoms with Crippen LogP contribution in [0, 0.1) is 0 Å². The molecule has 2 aliphatic heterocycles. The number of nitrogens with one attached hydrogen (secondary N) is 2. The minimum Gasteiger partial charge on any atom is -0.462 e. The van der Waals surface area contributed by atoms with Crippen LogP contribution in [0.2, 0.25) is 0 Å². The van der Waals surface area contributed by atoms with E-state index in [0.717, 1.165) is 30.2 Å². The van der Waals surface area contributed by atoms with E-state index in [1.807, 2.05) is 0 Å². The Morgan fingerprint density at radius 3 is 2.58 bits per heavy atom. The standard InChI is InChI=1S/C28H38FN4O11P/c1-17(2)42-24(36)18(3)31-45(39,44-19-9-6-5-7-10-19)41-15-21-23(35)28(4,29)26(43-21)32-14-12-22(34)33(27(32)38)16-40-25(37)20-11-8-13-30-20/h5-7,9-10,12,14,17-18,20-21,23,26,30,35H,8,11,13,15-16H2,1-4H3,(H,31,39)/t18-,20-,21+,23+,26+,28+,45-/m0/s1. The normalized spacial score (nSPS) is 26.7. The topological polar surface area (TPSA) is 186 Å². The summed E-state index contributed by atoms with van der Waals surface area (Å²) in [5.74, 6) is -1.26. The Bertz CT molecular complexity index is 1510. The lowest BCUT2D eigenvalue weighted by molar-refractivity contribution is -0.150. The van der Waals surface area contributed by atoms with E-state index in [1.54, 1.807) is 32.0 Å². The number of hydrogen-bond donors (Lipinski definition) is 3. The third kappa shape index (κ3) is 8.26. The Morgan fingerprint density at radius 1 is 1.22 bits per heavy atom. The van der Waals surface area contributed by atoms with E-state index in [2.05, 4.69) is 10.4 Å². The smallest absolute Gasteiger partial charge is 0.459 e.